The lowest BCUT2D eigenvalue weighted by atomic mass is 9.63. The molecular weight excluding hydrogens is 611 g/mol. The maximum atomic E-state index is 5.10. The molecule has 0 radical (unpaired) electrons. The van der Waals surface area contributed by atoms with E-state index in [4.69, 9.17) is 19.9 Å². The molecule has 9 rings (SSSR count). The van der Waals surface area contributed by atoms with Crippen molar-refractivity contribution in [3.05, 3.63) is 139 Å². The van der Waals surface area contributed by atoms with Crippen LogP contribution in [0.25, 0.3) is 77.9 Å². The van der Waals surface area contributed by atoms with E-state index in [2.05, 4.69) is 142 Å². The molecule has 0 saturated carbocycles. The molecule has 3 aromatic heterocycles. The minimum absolute atomic E-state index is 0.132. The van der Waals surface area contributed by atoms with Gasteiger partial charge in [0.05, 0.1) is 11.0 Å². The van der Waals surface area contributed by atoms with Gasteiger partial charge < -0.3 is 0 Å². The Balaban J connectivity index is 1.19. The van der Waals surface area contributed by atoms with Crippen molar-refractivity contribution in [3.63, 3.8) is 0 Å². The molecule has 0 unspecified atom stereocenters. The minimum Gasteiger partial charge on any atom is -0.254 e. The fourth-order valence-corrected chi connectivity index (χ4v) is 7.56. The zero-order chi connectivity index (χ0) is 34.0. The molecule has 5 nitrogen and oxygen atoms in total. The van der Waals surface area contributed by atoms with Crippen LogP contribution in [0, 0.1) is 0 Å². The van der Waals surface area contributed by atoms with Gasteiger partial charge >= 0.3 is 0 Å². The average Bonchev–Trinajstić information content (AvgIpc) is 3.16. The molecule has 3 heterocycles. The number of hydrogen-bond donors (Lipinski definition) is 0. The molecule has 0 saturated heterocycles. The van der Waals surface area contributed by atoms with Crippen LogP contribution in [0.3, 0.4) is 0 Å². The molecule has 50 heavy (non-hydrogen) atoms. The summed E-state index contributed by atoms with van der Waals surface area (Å²) in [6.45, 7) is 9.50. The molecule has 0 atom stereocenters. The first-order chi connectivity index (χ1) is 24.2. The monoisotopic (exact) mass is 647 g/mol. The quantitative estimate of drug-likeness (QED) is 0.178. The van der Waals surface area contributed by atoms with Gasteiger partial charge in [-0.2, -0.15) is 0 Å². The third-order valence-electron chi connectivity index (χ3n) is 10.6. The van der Waals surface area contributed by atoms with Gasteiger partial charge in [0, 0.05) is 39.9 Å². The van der Waals surface area contributed by atoms with E-state index in [-0.39, 0.29) is 10.8 Å². The van der Waals surface area contributed by atoms with E-state index in [1.807, 2.05) is 18.5 Å². The first-order valence-electron chi connectivity index (χ1n) is 17.4. The van der Waals surface area contributed by atoms with E-state index in [0.717, 1.165) is 49.4 Å². The second-order valence-corrected chi connectivity index (χ2v) is 14.9. The van der Waals surface area contributed by atoms with Crippen LogP contribution in [0.1, 0.15) is 51.7 Å². The zero-order valence-electron chi connectivity index (χ0n) is 28.8. The highest BCUT2D eigenvalue weighted by Gasteiger charge is 2.37. The molecule has 1 aliphatic rings. The van der Waals surface area contributed by atoms with Crippen molar-refractivity contribution >= 4 is 32.6 Å². The number of rotatable bonds is 4. The van der Waals surface area contributed by atoms with E-state index in [0.29, 0.717) is 17.5 Å². The summed E-state index contributed by atoms with van der Waals surface area (Å²) in [6, 6.07) is 40.7. The van der Waals surface area contributed by atoms with Crippen molar-refractivity contribution in [3.8, 4) is 45.3 Å². The Morgan fingerprint density at radius 3 is 1.82 bits per heavy atom. The van der Waals surface area contributed by atoms with Gasteiger partial charge in [0.15, 0.2) is 17.5 Å². The van der Waals surface area contributed by atoms with E-state index >= 15 is 0 Å². The second kappa shape index (κ2) is 11.4. The SMILES string of the molecule is CC1(C)CCC(C)(C)c2cc(-c3cccc(-c4nc(-c5ccc6ccccc6c5)nc(-c5cnc6c(ccc7cccnc76)c5)n4)c3)ccc21. The lowest BCUT2D eigenvalue weighted by Gasteiger charge is -2.42. The summed E-state index contributed by atoms with van der Waals surface area (Å²) < 4.78 is 0. The molecule has 1 aliphatic carbocycles. The van der Waals surface area contributed by atoms with Crippen LogP contribution in [0.15, 0.2) is 128 Å². The van der Waals surface area contributed by atoms with Crippen LogP contribution in [0.4, 0.5) is 0 Å². The number of fused-ring (bicyclic) bond motifs is 5. The van der Waals surface area contributed by atoms with Crippen LogP contribution >= 0.6 is 0 Å². The van der Waals surface area contributed by atoms with Gasteiger partial charge in [-0.1, -0.05) is 119 Å². The molecule has 0 spiro atoms. The maximum absolute atomic E-state index is 5.10. The lowest BCUT2D eigenvalue weighted by molar-refractivity contribution is 0.332. The summed E-state index contributed by atoms with van der Waals surface area (Å²) >= 11 is 0. The van der Waals surface area contributed by atoms with Gasteiger partial charge in [0.25, 0.3) is 0 Å². The lowest BCUT2D eigenvalue weighted by Crippen LogP contribution is -2.33. The largest absolute Gasteiger partial charge is 0.254 e. The van der Waals surface area contributed by atoms with E-state index in [1.165, 1.54) is 34.9 Å². The van der Waals surface area contributed by atoms with Crippen molar-refractivity contribution in [1.82, 2.24) is 24.9 Å². The van der Waals surface area contributed by atoms with Gasteiger partial charge in [0.2, 0.25) is 0 Å². The van der Waals surface area contributed by atoms with Crippen LogP contribution in [-0.4, -0.2) is 24.9 Å². The Kier molecular flexibility index (Phi) is 6.89. The first-order valence-corrected chi connectivity index (χ1v) is 17.4. The molecule has 8 aromatic rings. The Labute approximate surface area is 292 Å². The van der Waals surface area contributed by atoms with Gasteiger partial charge in [0.1, 0.15) is 0 Å². The number of aromatic nitrogens is 5. The molecular formula is C45H37N5. The molecule has 0 fully saturated rings. The smallest absolute Gasteiger partial charge is 0.165 e. The molecule has 5 aromatic carbocycles. The molecule has 5 heteroatoms. The molecule has 0 bridgehead atoms. The normalized spacial score (nSPS) is 15.0. The summed E-state index contributed by atoms with van der Waals surface area (Å²) in [5.41, 5.74) is 10.0. The zero-order valence-corrected chi connectivity index (χ0v) is 28.8. The Bertz CT molecular complexity index is 2620. The summed E-state index contributed by atoms with van der Waals surface area (Å²) in [4.78, 5) is 24.8. The number of benzene rings is 5. The second-order valence-electron chi connectivity index (χ2n) is 14.9. The van der Waals surface area contributed by atoms with Crippen molar-refractivity contribution < 1.29 is 0 Å². The molecule has 0 aliphatic heterocycles. The summed E-state index contributed by atoms with van der Waals surface area (Å²) in [5, 5.41) is 4.37. The standard InChI is InChI=1S/C45H37N5/c1-44(2)20-21-45(3,4)38-26-32(18-19-37(38)44)31-11-7-12-34(24-31)41-48-42(35-17-14-28-9-5-6-10-30(28)23-35)50-43(49-41)36-25-33-16-15-29-13-8-22-46-39(29)40(33)47-27-36/h5-19,22-27H,20-21H2,1-4H3. The van der Waals surface area contributed by atoms with Crippen molar-refractivity contribution in [2.24, 2.45) is 0 Å². The van der Waals surface area contributed by atoms with Crippen molar-refractivity contribution in [2.75, 3.05) is 0 Å². The third kappa shape index (κ3) is 5.21. The minimum atomic E-state index is 0.132. The van der Waals surface area contributed by atoms with Gasteiger partial charge in [-0.3, -0.25) is 9.97 Å². The van der Waals surface area contributed by atoms with Gasteiger partial charge in [-0.15, -0.1) is 0 Å². The number of nitrogens with zero attached hydrogens (tertiary/aromatic N) is 5. The maximum Gasteiger partial charge on any atom is 0.165 e. The summed E-state index contributed by atoms with van der Waals surface area (Å²) in [6.07, 6.45) is 6.04. The number of hydrogen-bond acceptors (Lipinski definition) is 5. The number of pyridine rings is 2. The summed E-state index contributed by atoms with van der Waals surface area (Å²) in [5.74, 6) is 1.83. The third-order valence-corrected chi connectivity index (χ3v) is 10.6. The Morgan fingerprint density at radius 2 is 1.00 bits per heavy atom. The fraction of sp³-hybridized carbons (Fsp3) is 0.178. The Hall–Kier alpha value is -5.81. The molecule has 0 N–H and O–H groups in total. The van der Waals surface area contributed by atoms with E-state index in [1.54, 1.807) is 0 Å². The first kappa shape index (κ1) is 30.3. The van der Waals surface area contributed by atoms with Crippen molar-refractivity contribution in [1.29, 1.82) is 0 Å². The predicted octanol–water partition coefficient (Wildman–Crippen LogP) is 11.1. The van der Waals surface area contributed by atoms with Crippen LogP contribution < -0.4 is 0 Å². The average molecular weight is 648 g/mol. The summed E-state index contributed by atoms with van der Waals surface area (Å²) in [7, 11) is 0. The highest BCUT2D eigenvalue weighted by Crippen LogP contribution is 2.47. The van der Waals surface area contributed by atoms with E-state index < -0.39 is 0 Å². The predicted molar refractivity (Wildman–Crippen MR) is 205 cm³/mol. The van der Waals surface area contributed by atoms with Crippen LogP contribution in [0.2, 0.25) is 0 Å². The van der Waals surface area contributed by atoms with Gasteiger partial charge in [-0.05, 0) is 81.0 Å². The Morgan fingerprint density at radius 1 is 0.420 bits per heavy atom. The van der Waals surface area contributed by atoms with E-state index in [9.17, 15) is 0 Å². The van der Waals surface area contributed by atoms with Crippen LogP contribution in [-0.2, 0) is 10.8 Å². The molecule has 242 valence electrons. The molecule has 0 amide bonds. The highest BCUT2D eigenvalue weighted by atomic mass is 15.0. The fourth-order valence-electron chi connectivity index (χ4n) is 7.56. The van der Waals surface area contributed by atoms with Gasteiger partial charge in [-0.25, -0.2) is 15.0 Å². The topological polar surface area (TPSA) is 64.5 Å². The highest BCUT2D eigenvalue weighted by molar-refractivity contribution is 6.03. The van der Waals surface area contributed by atoms with Crippen molar-refractivity contribution in [2.45, 2.75) is 51.4 Å². The van der Waals surface area contributed by atoms with Crippen LogP contribution in [0.5, 0.6) is 0 Å².